The van der Waals surface area contributed by atoms with Crippen LogP contribution in [0.4, 0.5) is 8.78 Å². The molecule has 0 radical (unpaired) electrons. The Hall–Kier alpha value is -2.51. The third-order valence-corrected chi connectivity index (χ3v) is 2.52. The number of hydrogen-bond acceptors (Lipinski definition) is 3. The molecule has 0 fully saturated rings. The molecule has 1 aromatic carbocycles. The molecule has 0 atom stereocenters. The molecule has 0 aliphatic heterocycles. The summed E-state index contributed by atoms with van der Waals surface area (Å²) in [5, 5.41) is 2.08. The fraction of sp³-hybridized carbons (Fsp3) is 0.182. The Morgan fingerprint density at radius 1 is 1.05 bits per heavy atom. The van der Waals surface area contributed by atoms with Crippen LogP contribution in [0.1, 0.15) is 5.56 Å². The van der Waals surface area contributed by atoms with Gasteiger partial charge in [-0.3, -0.25) is 19.7 Å². The van der Waals surface area contributed by atoms with Crippen LogP contribution >= 0.6 is 0 Å². The molecule has 0 saturated heterocycles. The van der Waals surface area contributed by atoms with Gasteiger partial charge in [0.25, 0.3) is 0 Å². The van der Waals surface area contributed by atoms with E-state index in [0.29, 0.717) is 5.56 Å². The van der Waals surface area contributed by atoms with E-state index in [1.165, 1.54) is 6.07 Å². The van der Waals surface area contributed by atoms with Crippen molar-refractivity contribution in [3.63, 3.8) is 0 Å². The molecule has 0 amide bonds. The molecule has 0 unspecified atom stereocenters. The minimum Gasteiger partial charge on any atom is -0.268 e. The van der Waals surface area contributed by atoms with Gasteiger partial charge in [0.2, 0.25) is 0 Å². The molecular weight excluding hydrogens is 260 g/mol. The van der Waals surface area contributed by atoms with E-state index in [4.69, 9.17) is 0 Å². The van der Waals surface area contributed by atoms with Gasteiger partial charge in [0, 0.05) is 6.54 Å². The predicted molar refractivity (Wildman–Crippen MR) is 62.0 cm³/mol. The summed E-state index contributed by atoms with van der Waals surface area (Å²) in [5.74, 6) is -1.95. The molecule has 2 rings (SSSR count). The minimum absolute atomic E-state index is 0.0237. The Kier molecular flexibility index (Phi) is 3.41. The summed E-state index contributed by atoms with van der Waals surface area (Å²) in [5.41, 5.74) is -2.30. The summed E-state index contributed by atoms with van der Waals surface area (Å²) in [6.07, 6.45) is 0.194. The van der Waals surface area contributed by atoms with Crippen LogP contribution < -0.4 is 16.8 Å². The number of aryl methyl sites for hydroxylation is 2. The van der Waals surface area contributed by atoms with Crippen molar-refractivity contribution in [3.8, 4) is 0 Å². The lowest BCUT2D eigenvalue weighted by atomic mass is 10.1. The fourth-order valence-electron chi connectivity index (χ4n) is 1.54. The van der Waals surface area contributed by atoms with E-state index >= 15 is 0 Å². The monoisotopic (exact) mass is 269 g/mol. The topological polar surface area (TPSA) is 87.7 Å². The number of nitrogens with zero attached hydrogens (tertiary/aromatic N) is 1. The van der Waals surface area contributed by atoms with Gasteiger partial charge in [0.15, 0.2) is 11.6 Å². The molecule has 1 heterocycles. The van der Waals surface area contributed by atoms with Gasteiger partial charge in [-0.05, 0) is 24.1 Å². The van der Waals surface area contributed by atoms with E-state index in [9.17, 15) is 23.2 Å². The number of aromatic amines is 2. The van der Waals surface area contributed by atoms with Crippen molar-refractivity contribution in [2.24, 2.45) is 0 Å². The number of aromatic nitrogens is 3. The Bertz CT molecular complexity index is 776. The lowest BCUT2D eigenvalue weighted by molar-refractivity contribution is 0.503. The van der Waals surface area contributed by atoms with E-state index in [0.717, 1.165) is 16.8 Å². The Balaban J connectivity index is 2.21. The number of H-pyrrole nitrogens is 2. The molecule has 100 valence electrons. The fourth-order valence-corrected chi connectivity index (χ4v) is 1.54. The van der Waals surface area contributed by atoms with Crippen LogP contribution in [0.5, 0.6) is 0 Å². The van der Waals surface area contributed by atoms with Gasteiger partial charge in [-0.25, -0.2) is 18.3 Å². The zero-order chi connectivity index (χ0) is 14.0. The van der Waals surface area contributed by atoms with Crippen molar-refractivity contribution in [2.45, 2.75) is 13.0 Å². The molecule has 6 nitrogen and oxygen atoms in total. The van der Waals surface area contributed by atoms with E-state index in [2.05, 4.69) is 5.10 Å². The number of halogens is 2. The molecule has 0 saturated carbocycles. The molecular formula is C11H9F2N3O3. The first-order valence-electron chi connectivity index (χ1n) is 5.35. The van der Waals surface area contributed by atoms with E-state index < -0.39 is 28.4 Å². The number of nitrogens with one attached hydrogen (secondary N) is 2. The van der Waals surface area contributed by atoms with Gasteiger partial charge >= 0.3 is 16.8 Å². The average Bonchev–Trinajstić information content (AvgIpc) is 2.36. The summed E-state index contributed by atoms with van der Waals surface area (Å²) in [6.45, 7) is 0.0237. The third-order valence-electron chi connectivity index (χ3n) is 2.52. The van der Waals surface area contributed by atoms with Crippen LogP contribution in [0.3, 0.4) is 0 Å². The van der Waals surface area contributed by atoms with Crippen LogP contribution in [0.2, 0.25) is 0 Å². The van der Waals surface area contributed by atoms with Crippen LogP contribution in [-0.4, -0.2) is 14.8 Å². The summed E-state index contributed by atoms with van der Waals surface area (Å²) in [4.78, 5) is 35.1. The van der Waals surface area contributed by atoms with Crippen molar-refractivity contribution in [1.29, 1.82) is 0 Å². The summed E-state index contributed by atoms with van der Waals surface area (Å²) >= 11 is 0. The lowest BCUT2D eigenvalue weighted by Gasteiger charge is -2.04. The zero-order valence-corrected chi connectivity index (χ0v) is 9.57. The molecule has 19 heavy (non-hydrogen) atoms. The summed E-state index contributed by atoms with van der Waals surface area (Å²) < 4.78 is 26.6. The van der Waals surface area contributed by atoms with Gasteiger partial charge in [0.1, 0.15) is 0 Å². The normalized spacial score (nSPS) is 10.6. The lowest BCUT2D eigenvalue weighted by Crippen LogP contribution is -2.43. The van der Waals surface area contributed by atoms with E-state index in [-0.39, 0.29) is 13.0 Å². The summed E-state index contributed by atoms with van der Waals surface area (Å²) in [7, 11) is 0. The SMILES string of the molecule is O=c1[nH]c(=O)n(CCc2ccc(F)c(F)c2)[nH]c1=O. The van der Waals surface area contributed by atoms with Gasteiger partial charge in [0.05, 0.1) is 0 Å². The van der Waals surface area contributed by atoms with Gasteiger partial charge in [-0.1, -0.05) is 6.07 Å². The number of hydrogen-bond donors (Lipinski definition) is 2. The van der Waals surface area contributed by atoms with Crippen molar-refractivity contribution in [1.82, 2.24) is 14.8 Å². The van der Waals surface area contributed by atoms with E-state index in [1.54, 1.807) is 0 Å². The number of rotatable bonds is 3. The molecule has 0 aliphatic rings. The molecule has 0 aliphatic carbocycles. The highest BCUT2D eigenvalue weighted by atomic mass is 19.2. The molecule has 8 heteroatoms. The highest BCUT2D eigenvalue weighted by Gasteiger charge is 2.04. The average molecular weight is 269 g/mol. The van der Waals surface area contributed by atoms with Crippen molar-refractivity contribution < 1.29 is 8.78 Å². The van der Waals surface area contributed by atoms with Gasteiger partial charge in [-0.2, -0.15) is 0 Å². The van der Waals surface area contributed by atoms with Crippen molar-refractivity contribution in [3.05, 3.63) is 66.6 Å². The Morgan fingerprint density at radius 3 is 2.47 bits per heavy atom. The third kappa shape index (κ3) is 2.84. The predicted octanol–water partition coefficient (Wildman–Crippen LogP) is -0.254. The smallest absolute Gasteiger partial charge is 0.268 e. The molecule has 1 aromatic heterocycles. The second kappa shape index (κ2) is 5.01. The number of benzene rings is 1. The first kappa shape index (κ1) is 12.9. The van der Waals surface area contributed by atoms with Crippen LogP contribution in [0, 0.1) is 11.6 Å². The maximum atomic E-state index is 13.0. The quantitative estimate of drug-likeness (QED) is 0.753. The van der Waals surface area contributed by atoms with Crippen LogP contribution in [-0.2, 0) is 13.0 Å². The minimum atomic E-state index is -1.03. The second-order valence-electron chi connectivity index (χ2n) is 3.85. The Morgan fingerprint density at radius 2 is 1.79 bits per heavy atom. The molecule has 2 N–H and O–H groups in total. The maximum absolute atomic E-state index is 13.0. The van der Waals surface area contributed by atoms with Gasteiger partial charge < -0.3 is 0 Å². The zero-order valence-electron chi connectivity index (χ0n) is 9.57. The largest absolute Gasteiger partial charge is 0.343 e. The second-order valence-corrected chi connectivity index (χ2v) is 3.85. The first-order valence-corrected chi connectivity index (χ1v) is 5.35. The first-order chi connectivity index (χ1) is 8.97. The van der Waals surface area contributed by atoms with Crippen LogP contribution in [0.25, 0.3) is 0 Å². The van der Waals surface area contributed by atoms with E-state index in [1.807, 2.05) is 4.98 Å². The highest BCUT2D eigenvalue weighted by Crippen LogP contribution is 2.09. The highest BCUT2D eigenvalue weighted by molar-refractivity contribution is 5.17. The standard InChI is InChI=1S/C11H9F2N3O3/c12-7-2-1-6(5-8(7)13)3-4-16-11(19)14-9(17)10(18)15-16/h1-2,5H,3-4H2,(H,15,18)(H,14,17,19). The Labute approximate surface area is 104 Å². The van der Waals surface area contributed by atoms with Crippen molar-refractivity contribution in [2.75, 3.05) is 0 Å². The van der Waals surface area contributed by atoms with Crippen molar-refractivity contribution >= 4 is 0 Å². The van der Waals surface area contributed by atoms with Gasteiger partial charge in [-0.15, -0.1) is 0 Å². The van der Waals surface area contributed by atoms with Crippen LogP contribution in [0.15, 0.2) is 32.6 Å². The molecule has 0 spiro atoms. The maximum Gasteiger partial charge on any atom is 0.343 e. The molecule has 2 aromatic rings. The summed E-state index contributed by atoms with van der Waals surface area (Å²) in [6, 6.07) is 3.35. The molecule has 0 bridgehead atoms.